The minimum Gasteiger partial charge on any atom is -0.463 e. The lowest BCUT2D eigenvalue weighted by Gasteiger charge is -2.24. The molecule has 0 radical (unpaired) electrons. The van der Waals surface area contributed by atoms with Crippen LogP contribution in [0.1, 0.15) is 40.3 Å². The summed E-state index contributed by atoms with van der Waals surface area (Å²) in [5.74, 6) is -2.24. The molecule has 1 aliphatic heterocycles. The van der Waals surface area contributed by atoms with Crippen molar-refractivity contribution in [2.75, 3.05) is 35.8 Å². The minimum atomic E-state index is -4.40. The molecular formula is C24H30F3N5O8S2. The van der Waals surface area contributed by atoms with Crippen LogP contribution in [0.5, 0.6) is 0 Å². The van der Waals surface area contributed by atoms with Gasteiger partial charge in [0.15, 0.2) is 40.6 Å². The molecule has 0 bridgehead atoms. The summed E-state index contributed by atoms with van der Waals surface area (Å²) in [4.78, 5) is 62.5. The molecular weight excluding hydrogens is 607 g/mol. The number of anilines is 1. The lowest BCUT2D eigenvalue weighted by atomic mass is 10.1. The molecule has 232 valence electrons. The quantitative estimate of drug-likeness (QED) is 0.145. The molecule has 3 heterocycles. The predicted molar refractivity (Wildman–Crippen MR) is 145 cm³/mol. The molecule has 18 heteroatoms. The van der Waals surface area contributed by atoms with E-state index >= 15 is 0 Å². The molecule has 0 unspecified atom stereocenters. The molecule has 4 atom stereocenters. The summed E-state index contributed by atoms with van der Waals surface area (Å²) in [6.07, 6.45) is -7.13. The first kappa shape index (κ1) is 33.4. The third-order valence-corrected chi connectivity index (χ3v) is 7.21. The molecule has 3 rings (SSSR count). The van der Waals surface area contributed by atoms with E-state index < -0.39 is 55.0 Å². The van der Waals surface area contributed by atoms with Crippen LogP contribution >= 0.6 is 23.5 Å². The highest BCUT2D eigenvalue weighted by atomic mass is 32.2. The molecule has 0 spiro atoms. The van der Waals surface area contributed by atoms with E-state index in [0.29, 0.717) is 5.75 Å². The van der Waals surface area contributed by atoms with E-state index in [1.165, 1.54) is 41.4 Å². The summed E-state index contributed by atoms with van der Waals surface area (Å²) in [6, 6.07) is 0. The molecule has 0 saturated carbocycles. The fraction of sp³-hybridized carbons (Fsp3) is 0.625. The van der Waals surface area contributed by atoms with Gasteiger partial charge in [0.05, 0.1) is 12.7 Å². The summed E-state index contributed by atoms with van der Waals surface area (Å²) in [5, 5.41) is -0.0612. The highest BCUT2D eigenvalue weighted by molar-refractivity contribution is 7.99. The Kier molecular flexibility index (Phi) is 11.4. The van der Waals surface area contributed by atoms with Crippen LogP contribution in [0.4, 0.5) is 19.0 Å². The van der Waals surface area contributed by atoms with Gasteiger partial charge < -0.3 is 18.9 Å². The number of aromatic nitrogens is 4. The molecule has 0 aromatic carbocycles. The smallest absolute Gasteiger partial charge is 0.389 e. The van der Waals surface area contributed by atoms with Crippen LogP contribution in [-0.2, 0) is 38.1 Å². The predicted octanol–water partition coefficient (Wildman–Crippen LogP) is 2.91. The van der Waals surface area contributed by atoms with Crippen molar-refractivity contribution in [1.29, 1.82) is 0 Å². The summed E-state index contributed by atoms with van der Waals surface area (Å²) in [7, 11) is 0. The van der Waals surface area contributed by atoms with Gasteiger partial charge in [0.25, 0.3) is 0 Å². The molecule has 1 amide bonds. The van der Waals surface area contributed by atoms with Crippen LogP contribution in [-0.4, -0.2) is 98.7 Å². The van der Waals surface area contributed by atoms with Crippen molar-refractivity contribution < 1.29 is 51.3 Å². The lowest BCUT2D eigenvalue weighted by Crippen LogP contribution is -2.40. The number of amides is 1. The summed E-state index contributed by atoms with van der Waals surface area (Å²) in [5.41, 5.74) is 0.186. The first-order valence-electron chi connectivity index (χ1n) is 12.6. The maximum Gasteiger partial charge on any atom is 0.389 e. The number of hydrogen-bond donors (Lipinski definition) is 0. The van der Waals surface area contributed by atoms with Gasteiger partial charge in [0.2, 0.25) is 5.91 Å². The third kappa shape index (κ3) is 8.70. The summed E-state index contributed by atoms with van der Waals surface area (Å²) < 4.78 is 61.9. The number of thioether (sulfide) groups is 2. The number of fused-ring (bicyclic) bond motifs is 1. The number of carbonyl (C=O) groups is 4. The number of esters is 3. The van der Waals surface area contributed by atoms with E-state index in [-0.39, 0.29) is 46.9 Å². The third-order valence-electron chi connectivity index (χ3n) is 5.77. The van der Waals surface area contributed by atoms with Crippen molar-refractivity contribution >= 4 is 64.3 Å². The Morgan fingerprint density at radius 1 is 1.02 bits per heavy atom. The Hall–Kier alpha value is -3.12. The van der Waals surface area contributed by atoms with Crippen molar-refractivity contribution in [1.82, 2.24) is 19.5 Å². The second kappa shape index (κ2) is 14.4. The van der Waals surface area contributed by atoms with Gasteiger partial charge in [-0.15, -0.1) is 0 Å². The topological polar surface area (TPSA) is 152 Å². The molecule has 2 aromatic heterocycles. The van der Waals surface area contributed by atoms with E-state index in [1.54, 1.807) is 0 Å². The van der Waals surface area contributed by atoms with Crippen LogP contribution in [0.15, 0.2) is 11.5 Å². The van der Waals surface area contributed by atoms with Crippen molar-refractivity contribution in [3.63, 3.8) is 0 Å². The van der Waals surface area contributed by atoms with Gasteiger partial charge in [-0.2, -0.15) is 24.9 Å². The fourth-order valence-corrected chi connectivity index (χ4v) is 5.27. The second-order valence-corrected chi connectivity index (χ2v) is 11.1. The Balaban J connectivity index is 2.15. The van der Waals surface area contributed by atoms with Crippen LogP contribution in [0, 0.1) is 0 Å². The molecule has 0 aliphatic carbocycles. The number of ether oxygens (including phenoxy) is 4. The number of alkyl halides is 3. The van der Waals surface area contributed by atoms with E-state index in [2.05, 4.69) is 15.0 Å². The van der Waals surface area contributed by atoms with Crippen LogP contribution < -0.4 is 4.90 Å². The van der Waals surface area contributed by atoms with Gasteiger partial charge in [-0.1, -0.05) is 11.8 Å². The van der Waals surface area contributed by atoms with Crippen molar-refractivity contribution in [3.05, 3.63) is 6.33 Å². The molecule has 42 heavy (non-hydrogen) atoms. The zero-order chi connectivity index (χ0) is 31.2. The van der Waals surface area contributed by atoms with Gasteiger partial charge in [0.1, 0.15) is 12.7 Å². The van der Waals surface area contributed by atoms with E-state index in [9.17, 15) is 32.3 Å². The SMILES string of the molecule is CSCCN(C(C)=O)c1nc(SCCC(F)(F)F)nc2c1ncn2[C@@H]1O[C@H](COC(C)=O)[C@@H](OC(C)=O)[C@H]1OC(C)=O. The zero-order valence-electron chi connectivity index (χ0n) is 23.4. The maximum atomic E-state index is 12.9. The first-order valence-corrected chi connectivity index (χ1v) is 14.9. The Morgan fingerprint density at radius 3 is 2.26 bits per heavy atom. The first-order chi connectivity index (χ1) is 19.7. The van der Waals surface area contributed by atoms with Crippen LogP contribution in [0.3, 0.4) is 0 Å². The number of imidazole rings is 1. The molecule has 0 N–H and O–H groups in total. The molecule has 1 aliphatic rings. The van der Waals surface area contributed by atoms with Crippen LogP contribution in [0.25, 0.3) is 11.2 Å². The number of nitrogens with zero attached hydrogens (tertiary/aromatic N) is 5. The molecule has 13 nitrogen and oxygen atoms in total. The normalized spacial score (nSPS) is 20.4. The van der Waals surface area contributed by atoms with Crippen molar-refractivity contribution in [2.45, 2.75) is 70.0 Å². The maximum absolute atomic E-state index is 12.9. The summed E-state index contributed by atoms with van der Waals surface area (Å²) >= 11 is 2.21. The van der Waals surface area contributed by atoms with Gasteiger partial charge in [-0.05, 0) is 6.26 Å². The Morgan fingerprint density at radius 2 is 1.69 bits per heavy atom. The number of hydrogen-bond acceptors (Lipinski definition) is 13. The van der Waals surface area contributed by atoms with E-state index in [0.717, 1.165) is 25.6 Å². The highest BCUT2D eigenvalue weighted by Crippen LogP contribution is 2.38. The van der Waals surface area contributed by atoms with E-state index in [4.69, 9.17) is 18.9 Å². The van der Waals surface area contributed by atoms with Gasteiger partial charge >= 0.3 is 24.1 Å². The fourth-order valence-electron chi connectivity index (χ4n) is 4.09. The lowest BCUT2D eigenvalue weighted by molar-refractivity contribution is -0.166. The average molecular weight is 638 g/mol. The minimum absolute atomic E-state index is 0.0572. The number of halogens is 3. The van der Waals surface area contributed by atoms with E-state index in [1.807, 2.05) is 6.26 Å². The zero-order valence-corrected chi connectivity index (χ0v) is 25.0. The standard InChI is InChI=1S/C24H30F3N5O8S2/c1-12(33)31(7-9-41-5)20-17-21(30-23(29-20)42-8-6-24(25,26)27)32(11-28-17)22-19(39-15(4)36)18(38-14(3)35)16(40-22)10-37-13(2)34/h11,16,18-19,22H,6-10H2,1-5H3/t16-,18-,19-,22-/m1/s1. The molecule has 1 fully saturated rings. The average Bonchev–Trinajstić information content (AvgIpc) is 3.42. The Labute approximate surface area is 247 Å². The number of carbonyl (C=O) groups excluding carboxylic acids is 4. The van der Waals surface area contributed by atoms with Crippen molar-refractivity contribution in [2.24, 2.45) is 0 Å². The largest absolute Gasteiger partial charge is 0.463 e. The van der Waals surface area contributed by atoms with Gasteiger partial charge in [-0.3, -0.25) is 28.6 Å². The molecule has 1 saturated heterocycles. The summed E-state index contributed by atoms with van der Waals surface area (Å²) in [6.45, 7) is 4.66. The molecule has 2 aromatic rings. The second-order valence-electron chi connectivity index (χ2n) is 9.05. The monoisotopic (exact) mass is 637 g/mol. The Bertz CT molecular complexity index is 1310. The van der Waals surface area contributed by atoms with Gasteiger partial charge in [0, 0.05) is 45.7 Å². The number of rotatable bonds is 12. The van der Waals surface area contributed by atoms with Crippen LogP contribution in [0.2, 0.25) is 0 Å². The van der Waals surface area contributed by atoms with Crippen molar-refractivity contribution in [3.8, 4) is 0 Å². The van der Waals surface area contributed by atoms with Gasteiger partial charge in [-0.25, -0.2) is 15.0 Å². The highest BCUT2D eigenvalue weighted by Gasteiger charge is 2.51.